The van der Waals surface area contributed by atoms with Crippen LogP contribution in [0.4, 0.5) is 8.78 Å². The Morgan fingerprint density at radius 3 is 2.69 bits per heavy atom. The molecule has 0 atom stereocenters. The van der Waals surface area contributed by atoms with E-state index in [9.17, 15) is 18.4 Å². The Balaban J connectivity index is 1.76. The Bertz CT molecular complexity index is 1100. The predicted octanol–water partition coefficient (Wildman–Crippen LogP) is 3.36. The molecule has 0 bridgehead atoms. The van der Waals surface area contributed by atoms with Gasteiger partial charge in [0, 0.05) is 12.3 Å². The monoisotopic (exact) mass is 404 g/mol. The minimum Gasteiger partial charge on any atom is -0.490 e. The van der Waals surface area contributed by atoms with Crippen LogP contribution in [0, 0.1) is 6.92 Å². The molecular weight excluding hydrogens is 386 g/mol. The van der Waals surface area contributed by atoms with Crippen LogP contribution in [0.15, 0.2) is 47.4 Å². The highest BCUT2D eigenvalue weighted by atomic mass is 19.3. The lowest BCUT2D eigenvalue weighted by Crippen LogP contribution is -2.17. The van der Waals surface area contributed by atoms with Crippen LogP contribution < -0.4 is 15.0 Å². The Kier molecular flexibility index (Phi) is 6.06. The molecule has 0 aliphatic heterocycles. The van der Waals surface area contributed by atoms with Crippen molar-refractivity contribution in [2.75, 3.05) is 6.61 Å². The van der Waals surface area contributed by atoms with E-state index in [-0.39, 0.29) is 41.5 Å². The molecule has 29 heavy (non-hydrogen) atoms. The molecule has 9 heteroatoms. The molecule has 2 heterocycles. The van der Waals surface area contributed by atoms with E-state index in [0.29, 0.717) is 5.65 Å². The Hall–Kier alpha value is -3.49. The van der Waals surface area contributed by atoms with Gasteiger partial charge in [-0.05, 0) is 43.7 Å². The van der Waals surface area contributed by atoms with Gasteiger partial charge in [0.15, 0.2) is 11.5 Å². The van der Waals surface area contributed by atoms with E-state index < -0.39 is 12.6 Å². The van der Waals surface area contributed by atoms with Crippen LogP contribution in [0.3, 0.4) is 0 Å². The maximum Gasteiger partial charge on any atom is 0.387 e. The van der Waals surface area contributed by atoms with Crippen molar-refractivity contribution in [1.82, 2.24) is 9.38 Å². The Labute approximate surface area is 164 Å². The molecule has 3 rings (SSSR count). The first-order valence-electron chi connectivity index (χ1n) is 8.75. The summed E-state index contributed by atoms with van der Waals surface area (Å²) in [5.41, 5.74) is 1.42. The van der Waals surface area contributed by atoms with Crippen LogP contribution >= 0.6 is 0 Å². The average Bonchev–Trinajstić information content (AvgIpc) is 2.68. The summed E-state index contributed by atoms with van der Waals surface area (Å²) in [6.45, 7) is 0.479. The number of fused-ring (bicyclic) bond motifs is 1. The maximum atomic E-state index is 12.5. The molecule has 0 amide bonds. The van der Waals surface area contributed by atoms with Crippen molar-refractivity contribution < 1.29 is 27.8 Å². The second kappa shape index (κ2) is 8.68. The molecule has 152 valence electrons. The van der Waals surface area contributed by atoms with Crippen molar-refractivity contribution in [3.05, 3.63) is 69.8 Å². The van der Waals surface area contributed by atoms with Gasteiger partial charge < -0.3 is 14.2 Å². The first-order valence-corrected chi connectivity index (χ1v) is 8.75. The van der Waals surface area contributed by atoms with Crippen LogP contribution in [-0.4, -0.2) is 28.6 Å². The van der Waals surface area contributed by atoms with Crippen LogP contribution in [0.25, 0.3) is 5.65 Å². The number of carbonyl (C=O) groups is 1. The van der Waals surface area contributed by atoms with Crippen molar-refractivity contribution in [3.63, 3.8) is 0 Å². The first-order chi connectivity index (χ1) is 13.9. The molecule has 7 nitrogen and oxygen atoms in total. The molecule has 0 unspecified atom stereocenters. The van der Waals surface area contributed by atoms with Crippen molar-refractivity contribution >= 4 is 11.6 Å². The van der Waals surface area contributed by atoms with Gasteiger partial charge in [0.25, 0.3) is 5.56 Å². The largest absolute Gasteiger partial charge is 0.490 e. The number of hydrogen-bond donors (Lipinski definition) is 0. The standard InChI is InChI=1S/C20H18F2N2O5/c1-3-27-16-8-13(5-6-15(16)29-20(21)22)19(26)28-11-14-9-18(25)24-10-12(2)4-7-17(24)23-14/h4-10,20H,3,11H2,1-2H3. The normalized spacial score (nSPS) is 10.9. The second-order valence-electron chi connectivity index (χ2n) is 6.07. The van der Waals surface area contributed by atoms with Gasteiger partial charge in [-0.1, -0.05) is 6.07 Å². The van der Waals surface area contributed by atoms with Crippen molar-refractivity contribution in [3.8, 4) is 11.5 Å². The zero-order chi connectivity index (χ0) is 21.0. The lowest BCUT2D eigenvalue weighted by Gasteiger charge is -2.12. The fraction of sp³-hybridized carbons (Fsp3) is 0.250. The number of carbonyl (C=O) groups excluding carboxylic acids is 1. The van der Waals surface area contributed by atoms with Gasteiger partial charge in [-0.2, -0.15) is 8.78 Å². The molecule has 1 aromatic carbocycles. The van der Waals surface area contributed by atoms with E-state index >= 15 is 0 Å². The number of benzene rings is 1. The van der Waals surface area contributed by atoms with Gasteiger partial charge in [0.05, 0.1) is 17.9 Å². The van der Waals surface area contributed by atoms with Crippen LogP contribution in [0.1, 0.15) is 28.5 Å². The summed E-state index contributed by atoms with van der Waals surface area (Å²) in [4.78, 5) is 28.8. The number of alkyl halides is 2. The fourth-order valence-electron chi connectivity index (χ4n) is 2.65. The van der Waals surface area contributed by atoms with Gasteiger partial charge in [-0.25, -0.2) is 9.78 Å². The fourth-order valence-corrected chi connectivity index (χ4v) is 2.65. The highest BCUT2D eigenvalue weighted by molar-refractivity contribution is 5.90. The van der Waals surface area contributed by atoms with E-state index in [2.05, 4.69) is 9.72 Å². The molecule has 3 aromatic rings. The van der Waals surface area contributed by atoms with Gasteiger partial charge in [-0.15, -0.1) is 0 Å². The van der Waals surface area contributed by atoms with E-state index in [4.69, 9.17) is 9.47 Å². The van der Waals surface area contributed by atoms with E-state index in [0.717, 1.165) is 5.56 Å². The molecule has 2 aromatic heterocycles. The number of halogens is 2. The third-order valence-corrected chi connectivity index (χ3v) is 3.91. The van der Waals surface area contributed by atoms with Gasteiger partial charge in [0.1, 0.15) is 12.3 Å². The highest BCUT2D eigenvalue weighted by Gasteiger charge is 2.16. The van der Waals surface area contributed by atoms with Crippen molar-refractivity contribution in [2.45, 2.75) is 27.1 Å². The van der Waals surface area contributed by atoms with Crippen LogP contribution in [0.2, 0.25) is 0 Å². The quantitative estimate of drug-likeness (QED) is 0.562. The van der Waals surface area contributed by atoms with Crippen molar-refractivity contribution in [2.24, 2.45) is 0 Å². The van der Waals surface area contributed by atoms with Crippen LogP contribution in [0.5, 0.6) is 11.5 Å². The van der Waals surface area contributed by atoms with Crippen LogP contribution in [-0.2, 0) is 11.3 Å². The Morgan fingerprint density at radius 1 is 1.17 bits per heavy atom. The number of esters is 1. The zero-order valence-corrected chi connectivity index (χ0v) is 15.7. The number of aryl methyl sites for hydroxylation is 1. The molecule has 0 radical (unpaired) electrons. The van der Waals surface area contributed by atoms with Gasteiger partial charge in [0.2, 0.25) is 0 Å². The third-order valence-electron chi connectivity index (χ3n) is 3.91. The summed E-state index contributed by atoms with van der Waals surface area (Å²) in [6.07, 6.45) is 1.67. The summed E-state index contributed by atoms with van der Waals surface area (Å²) in [5.74, 6) is -0.905. The summed E-state index contributed by atoms with van der Waals surface area (Å²) >= 11 is 0. The zero-order valence-electron chi connectivity index (χ0n) is 15.7. The maximum absolute atomic E-state index is 12.5. The number of pyridine rings is 1. The minimum atomic E-state index is -3.02. The van der Waals surface area contributed by atoms with E-state index in [1.54, 1.807) is 19.2 Å². The number of hydrogen-bond acceptors (Lipinski definition) is 6. The summed E-state index contributed by atoms with van der Waals surface area (Å²) < 4.78 is 41.2. The molecule has 0 aliphatic rings. The lowest BCUT2D eigenvalue weighted by molar-refractivity contribution is -0.0514. The molecule has 0 spiro atoms. The number of rotatable bonds is 7. The average molecular weight is 404 g/mol. The van der Waals surface area contributed by atoms with Gasteiger partial charge >= 0.3 is 12.6 Å². The molecule has 0 saturated heterocycles. The predicted molar refractivity (Wildman–Crippen MR) is 99.6 cm³/mol. The summed E-state index contributed by atoms with van der Waals surface area (Å²) in [5, 5.41) is 0. The van der Waals surface area contributed by atoms with Gasteiger partial charge in [-0.3, -0.25) is 9.20 Å². The summed E-state index contributed by atoms with van der Waals surface area (Å²) in [6, 6.07) is 8.54. The molecule has 0 saturated carbocycles. The first kappa shape index (κ1) is 20.2. The minimum absolute atomic E-state index is 0.000283. The molecule has 0 aliphatic carbocycles. The Morgan fingerprint density at radius 2 is 1.97 bits per heavy atom. The SMILES string of the molecule is CCOc1cc(C(=O)OCc2cc(=O)n3cc(C)ccc3n2)ccc1OC(F)F. The lowest BCUT2D eigenvalue weighted by atomic mass is 10.2. The smallest absolute Gasteiger partial charge is 0.387 e. The number of nitrogens with zero attached hydrogens (tertiary/aromatic N) is 2. The third kappa shape index (κ3) is 4.87. The topological polar surface area (TPSA) is 79.1 Å². The second-order valence-corrected chi connectivity index (χ2v) is 6.07. The molecule has 0 fully saturated rings. The van der Waals surface area contributed by atoms with E-state index in [1.807, 2.05) is 13.0 Å². The number of aromatic nitrogens is 2. The summed E-state index contributed by atoms with van der Waals surface area (Å²) in [7, 11) is 0. The molecule has 0 N–H and O–H groups in total. The highest BCUT2D eigenvalue weighted by Crippen LogP contribution is 2.30. The van der Waals surface area contributed by atoms with Crippen molar-refractivity contribution in [1.29, 1.82) is 0 Å². The van der Waals surface area contributed by atoms with E-state index in [1.165, 1.54) is 28.7 Å². The number of ether oxygens (including phenoxy) is 3. The molecular formula is C20H18F2N2O5.